The lowest BCUT2D eigenvalue weighted by Gasteiger charge is -2.34. The van der Waals surface area contributed by atoms with E-state index >= 15 is 0 Å². The molecule has 2 N–H and O–H groups in total. The second-order valence-corrected chi connectivity index (χ2v) is 6.85. The minimum Gasteiger partial charge on any atom is -0.393 e. The summed E-state index contributed by atoms with van der Waals surface area (Å²) in [5.74, 6) is 0.623. The van der Waals surface area contributed by atoms with E-state index in [1.165, 1.54) is 19.3 Å². The molecule has 1 aromatic rings. The summed E-state index contributed by atoms with van der Waals surface area (Å²) in [4.78, 5) is 2.28. The third-order valence-electron chi connectivity index (χ3n) is 5.20. The molecule has 0 spiro atoms. The van der Waals surface area contributed by atoms with E-state index in [0.717, 1.165) is 49.6 Å². The highest BCUT2D eigenvalue weighted by molar-refractivity contribution is 5.55. The van der Waals surface area contributed by atoms with E-state index in [0.29, 0.717) is 0 Å². The van der Waals surface area contributed by atoms with Gasteiger partial charge in [0.2, 0.25) is 0 Å². The Kier molecular flexibility index (Phi) is 4.99. The van der Waals surface area contributed by atoms with Crippen molar-refractivity contribution in [1.29, 1.82) is 0 Å². The highest BCUT2D eigenvalue weighted by Crippen LogP contribution is 2.31. The van der Waals surface area contributed by atoms with Crippen molar-refractivity contribution in [2.75, 3.05) is 24.5 Å². The highest BCUT2D eigenvalue weighted by Gasteiger charge is 2.23. The van der Waals surface area contributed by atoms with Crippen LogP contribution in [0.15, 0.2) is 18.2 Å². The Hall–Kier alpha value is -1.13. The maximum absolute atomic E-state index is 13.7. The maximum Gasteiger partial charge on any atom is 0.123 e. The number of nitrogens with zero attached hydrogens (tertiary/aromatic N) is 1. The first-order valence-corrected chi connectivity index (χ1v) is 8.59. The zero-order valence-electron chi connectivity index (χ0n) is 13.4. The average Bonchev–Trinajstić information content (AvgIpc) is 2.46. The van der Waals surface area contributed by atoms with Gasteiger partial charge in [0.1, 0.15) is 5.82 Å². The van der Waals surface area contributed by atoms with E-state index in [2.05, 4.69) is 17.1 Å². The van der Waals surface area contributed by atoms with Gasteiger partial charge in [0, 0.05) is 24.8 Å². The second-order valence-electron chi connectivity index (χ2n) is 6.85. The van der Waals surface area contributed by atoms with Crippen LogP contribution in [0.1, 0.15) is 50.6 Å². The van der Waals surface area contributed by atoms with Crippen molar-refractivity contribution in [2.45, 2.75) is 51.2 Å². The normalized spacial score (nSPS) is 21.7. The quantitative estimate of drug-likeness (QED) is 0.876. The summed E-state index contributed by atoms with van der Waals surface area (Å²) in [5.41, 5.74) is 2.15. The van der Waals surface area contributed by atoms with Gasteiger partial charge in [0.05, 0.1) is 6.10 Å². The first-order valence-electron chi connectivity index (χ1n) is 8.59. The minimum atomic E-state index is -0.186. The number of hydrogen-bond donors (Lipinski definition) is 2. The molecule has 22 heavy (non-hydrogen) atoms. The Balaban J connectivity index is 1.71. The summed E-state index contributed by atoms with van der Waals surface area (Å²) < 4.78 is 13.7. The fraction of sp³-hybridized carbons (Fsp3) is 0.667. The smallest absolute Gasteiger partial charge is 0.123 e. The molecule has 0 radical (unpaired) electrons. The molecule has 3 rings (SSSR count). The zero-order valence-corrected chi connectivity index (χ0v) is 13.4. The molecule has 2 aliphatic rings. The lowest BCUT2D eigenvalue weighted by molar-refractivity contribution is 0.145. The van der Waals surface area contributed by atoms with Crippen LogP contribution in [0, 0.1) is 11.7 Å². The van der Waals surface area contributed by atoms with Crippen LogP contribution in [0.5, 0.6) is 0 Å². The number of nitrogens with one attached hydrogen (secondary N) is 1. The van der Waals surface area contributed by atoms with Crippen molar-refractivity contribution in [3.05, 3.63) is 29.6 Å². The molecule has 1 aliphatic heterocycles. The van der Waals surface area contributed by atoms with Crippen LogP contribution < -0.4 is 10.2 Å². The van der Waals surface area contributed by atoms with Crippen molar-refractivity contribution < 1.29 is 9.50 Å². The Bertz CT molecular complexity index is 496. The number of hydrogen-bond acceptors (Lipinski definition) is 3. The van der Waals surface area contributed by atoms with Crippen LogP contribution in [-0.4, -0.2) is 30.8 Å². The van der Waals surface area contributed by atoms with E-state index in [1.54, 1.807) is 12.1 Å². The lowest BCUT2D eigenvalue weighted by atomic mass is 9.85. The van der Waals surface area contributed by atoms with Gasteiger partial charge < -0.3 is 15.3 Å². The number of aliphatic hydroxyl groups is 1. The molecule has 1 saturated heterocycles. The van der Waals surface area contributed by atoms with Crippen LogP contribution in [0.4, 0.5) is 10.1 Å². The SMILES string of the molecule is CC(NCC1CCC1)c1cc(F)ccc1N1CCC(O)CC1. The van der Waals surface area contributed by atoms with Gasteiger partial charge in [-0.15, -0.1) is 0 Å². The maximum atomic E-state index is 13.7. The number of rotatable bonds is 5. The predicted octanol–water partition coefficient (Wildman–Crippen LogP) is 3.24. The number of anilines is 1. The van der Waals surface area contributed by atoms with Crippen molar-refractivity contribution in [3.63, 3.8) is 0 Å². The van der Waals surface area contributed by atoms with Gasteiger partial charge in [-0.25, -0.2) is 4.39 Å². The average molecular weight is 306 g/mol. The number of benzene rings is 1. The number of halogens is 1. The van der Waals surface area contributed by atoms with Gasteiger partial charge in [-0.3, -0.25) is 0 Å². The summed E-state index contributed by atoms with van der Waals surface area (Å²) in [6.45, 7) is 4.83. The summed E-state index contributed by atoms with van der Waals surface area (Å²) >= 11 is 0. The molecule has 4 heteroatoms. The highest BCUT2D eigenvalue weighted by atomic mass is 19.1. The fourth-order valence-corrected chi connectivity index (χ4v) is 3.42. The Morgan fingerprint density at radius 2 is 2.00 bits per heavy atom. The van der Waals surface area contributed by atoms with Crippen molar-refractivity contribution in [1.82, 2.24) is 5.32 Å². The molecule has 1 heterocycles. The van der Waals surface area contributed by atoms with Crippen molar-refractivity contribution in [3.8, 4) is 0 Å². The summed E-state index contributed by atoms with van der Waals surface area (Å²) in [7, 11) is 0. The largest absolute Gasteiger partial charge is 0.393 e. The van der Waals surface area contributed by atoms with Crippen LogP contribution in [0.2, 0.25) is 0 Å². The Morgan fingerprint density at radius 1 is 1.27 bits per heavy atom. The summed E-state index contributed by atoms with van der Waals surface area (Å²) in [5, 5.41) is 13.2. The molecule has 1 saturated carbocycles. The van der Waals surface area contributed by atoms with E-state index in [1.807, 2.05) is 6.07 Å². The van der Waals surface area contributed by atoms with E-state index in [4.69, 9.17) is 0 Å². The molecule has 0 aromatic heterocycles. The molecule has 3 nitrogen and oxygen atoms in total. The van der Waals surface area contributed by atoms with Gasteiger partial charge >= 0.3 is 0 Å². The molecule has 1 aromatic carbocycles. The van der Waals surface area contributed by atoms with Crippen molar-refractivity contribution in [2.24, 2.45) is 5.92 Å². The summed E-state index contributed by atoms with van der Waals surface area (Å²) in [6, 6.07) is 5.25. The molecule has 0 bridgehead atoms. The third-order valence-corrected chi connectivity index (χ3v) is 5.20. The zero-order chi connectivity index (χ0) is 15.5. The van der Waals surface area contributed by atoms with Gasteiger partial charge in [-0.2, -0.15) is 0 Å². The Labute approximate surface area is 132 Å². The number of aliphatic hydroxyl groups excluding tert-OH is 1. The second kappa shape index (κ2) is 6.97. The van der Waals surface area contributed by atoms with Crippen LogP contribution in [0.3, 0.4) is 0 Å². The van der Waals surface area contributed by atoms with Crippen LogP contribution in [-0.2, 0) is 0 Å². The van der Waals surface area contributed by atoms with Gasteiger partial charge in [-0.05, 0) is 68.8 Å². The molecule has 2 fully saturated rings. The molecule has 1 atom stereocenters. The van der Waals surface area contributed by atoms with Gasteiger partial charge in [-0.1, -0.05) is 6.42 Å². The van der Waals surface area contributed by atoms with Gasteiger partial charge in [0.15, 0.2) is 0 Å². The Morgan fingerprint density at radius 3 is 2.64 bits per heavy atom. The van der Waals surface area contributed by atoms with E-state index in [9.17, 15) is 9.50 Å². The number of piperidine rings is 1. The van der Waals surface area contributed by atoms with Crippen molar-refractivity contribution >= 4 is 5.69 Å². The third kappa shape index (κ3) is 3.61. The summed E-state index contributed by atoms with van der Waals surface area (Å²) in [6.07, 6.45) is 5.39. The van der Waals surface area contributed by atoms with Crippen LogP contribution in [0.25, 0.3) is 0 Å². The standard InChI is InChI=1S/C18H27FN2O/c1-13(20-12-14-3-2-4-14)17-11-15(19)5-6-18(17)21-9-7-16(22)8-10-21/h5-6,11,13-14,16,20,22H,2-4,7-10,12H2,1H3. The van der Waals surface area contributed by atoms with Crippen LogP contribution >= 0.6 is 0 Å². The van der Waals surface area contributed by atoms with Gasteiger partial charge in [0.25, 0.3) is 0 Å². The molecule has 1 unspecified atom stereocenters. The first kappa shape index (κ1) is 15.8. The fourth-order valence-electron chi connectivity index (χ4n) is 3.42. The molecule has 1 aliphatic carbocycles. The minimum absolute atomic E-state index is 0.151. The van der Waals surface area contributed by atoms with E-state index < -0.39 is 0 Å². The molecular weight excluding hydrogens is 279 g/mol. The lowest BCUT2D eigenvalue weighted by Crippen LogP contribution is -2.37. The topological polar surface area (TPSA) is 35.5 Å². The monoisotopic (exact) mass is 306 g/mol. The molecule has 0 amide bonds. The van der Waals surface area contributed by atoms with E-state index in [-0.39, 0.29) is 18.0 Å². The first-order chi connectivity index (χ1) is 10.6. The predicted molar refractivity (Wildman–Crippen MR) is 87.6 cm³/mol. The molecular formula is C18H27FN2O. The molecule has 122 valence electrons.